The van der Waals surface area contributed by atoms with Gasteiger partial charge in [-0.1, -0.05) is 24.3 Å². The first-order valence-electron chi connectivity index (χ1n) is 9.33. The highest BCUT2D eigenvalue weighted by Gasteiger charge is 2.03. The highest BCUT2D eigenvalue weighted by molar-refractivity contribution is 5.42. The molecule has 2 N–H and O–H groups in total. The van der Waals surface area contributed by atoms with Crippen LogP contribution in [-0.2, 0) is 12.8 Å². The van der Waals surface area contributed by atoms with E-state index < -0.39 is 0 Å². The van der Waals surface area contributed by atoms with Gasteiger partial charge in [-0.05, 0) is 55.2 Å². The van der Waals surface area contributed by atoms with Crippen LogP contribution in [0.2, 0.25) is 0 Å². The molecule has 0 fully saturated rings. The van der Waals surface area contributed by atoms with Gasteiger partial charge in [-0.2, -0.15) is 4.98 Å². The average Bonchev–Trinajstić information content (AvgIpc) is 2.69. The third kappa shape index (κ3) is 5.94. The van der Waals surface area contributed by atoms with Gasteiger partial charge in [0, 0.05) is 24.8 Å². The van der Waals surface area contributed by atoms with Crippen LogP contribution in [0.3, 0.4) is 0 Å². The van der Waals surface area contributed by atoms with E-state index in [1.807, 2.05) is 31.2 Å². The molecule has 0 aliphatic carbocycles. The first-order valence-corrected chi connectivity index (χ1v) is 9.33. The van der Waals surface area contributed by atoms with Crippen LogP contribution in [0.5, 0.6) is 5.75 Å². The number of hydrogen-bond donors (Lipinski definition) is 2. The third-order valence-electron chi connectivity index (χ3n) is 4.32. The Hall–Kier alpha value is -3.15. The highest BCUT2D eigenvalue weighted by Crippen LogP contribution is 2.14. The molecule has 0 atom stereocenters. The number of aromatic nitrogens is 2. The Morgan fingerprint density at radius 2 is 1.64 bits per heavy atom. The van der Waals surface area contributed by atoms with Gasteiger partial charge in [0.05, 0.1) is 7.11 Å². The SMILES string of the molecule is COc1cccc(CCNc2cc(C)nc(NCCc3ccc(F)cc3)n2)c1. The van der Waals surface area contributed by atoms with Crippen LogP contribution in [0.25, 0.3) is 0 Å². The molecule has 0 aliphatic rings. The Morgan fingerprint density at radius 3 is 2.43 bits per heavy atom. The number of halogens is 1. The molecule has 1 aromatic heterocycles. The van der Waals surface area contributed by atoms with Crippen molar-refractivity contribution in [1.82, 2.24) is 9.97 Å². The monoisotopic (exact) mass is 380 g/mol. The quantitative estimate of drug-likeness (QED) is 0.581. The lowest BCUT2D eigenvalue weighted by Gasteiger charge is -2.10. The molecule has 1 heterocycles. The van der Waals surface area contributed by atoms with Gasteiger partial charge in [-0.15, -0.1) is 0 Å². The van der Waals surface area contributed by atoms with Gasteiger partial charge < -0.3 is 15.4 Å². The Kier molecular flexibility index (Phi) is 6.78. The Balaban J connectivity index is 1.51. The molecule has 0 amide bonds. The van der Waals surface area contributed by atoms with Gasteiger partial charge >= 0.3 is 0 Å². The topological polar surface area (TPSA) is 59.1 Å². The Morgan fingerprint density at radius 1 is 0.893 bits per heavy atom. The summed E-state index contributed by atoms with van der Waals surface area (Å²) in [6.07, 6.45) is 1.64. The second-order valence-corrected chi connectivity index (χ2v) is 6.55. The number of benzene rings is 2. The summed E-state index contributed by atoms with van der Waals surface area (Å²) in [5.74, 6) is 2.03. The fourth-order valence-corrected chi connectivity index (χ4v) is 2.87. The van der Waals surface area contributed by atoms with Crippen LogP contribution in [-0.4, -0.2) is 30.2 Å². The molecule has 3 rings (SSSR count). The summed E-state index contributed by atoms with van der Waals surface area (Å²) in [4.78, 5) is 8.96. The Bertz CT molecular complexity index is 899. The van der Waals surface area contributed by atoms with Gasteiger partial charge in [0.2, 0.25) is 5.95 Å². The van der Waals surface area contributed by atoms with Crippen molar-refractivity contribution in [3.8, 4) is 5.75 Å². The summed E-state index contributed by atoms with van der Waals surface area (Å²) >= 11 is 0. The van der Waals surface area contributed by atoms with Crippen molar-refractivity contribution in [3.05, 3.63) is 77.2 Å². The van der Waals surface area contributed by atoms with E-state index >= 15 is 0 Å². The highest BCUT2D eigenvalue weighted by atomic mass is 19.1. The summed E-state index contributed by atoms with van der Waals surface area (Å²) < 4.78 is 18.2. The van der Waals surface area contributed by atoms with Crippen LogP contribution in [0.1, 0.15) is 16.8 Å². The number of nitrogens with zero attached hydrogens (tertiary/aromatic N) is 2. The van der Waals surface area contributed by atoms with Crippen LogP contribution in [0, 0.1) is 12.7 Å². The average molecular weight is 380 g/mol. The van der Waals surface area contributed by atoms with Crippen molar-refractivity contribution < 1.29 is 9.13 Å². The van der Waals surface area contributed by atoms with Crippen molar-refractivity contribution in [2.75, 3.05) is 30.8 Å². The van der Waals surface area contributed by atoms with Crippen LogP contribution >= 0.6 is 0 Å². The molecule has 0 saturated heterocycles. The third-order valence-corrected chi connectivity index (χ3v) is 4.32. The normalized spacial score (nSPS) is 10.5. The molecule has 0 saturated carbocycles. The first kappa shape index (κ1) is 19.6. The van der Waals surface area contributed by atoms with E-state index in [9.17, 15) is 4.39 Å². The molecular formula is C22H25FN4O. The van der Waals surface area contributed by atoms with Gasteiger partial charge in [0.1, 0.15) is 17.4 Å². The van der Waals surface area contributed by atoms with Crippen molar-refractivity contribution in [2.45, 2.75) is 19.8 Å². The van der Waals surface area contributed by atoms with E-state index in [1.165, 1.54) is 17.7 Å². The molecule has 0 spiro atoms. The predicted octanol–water partition coefficient (Wildman–Crippen LogP) is 4.24. The summed E-state index contributed by atoms with van der Waals surface area (Å²) in [5, 5.41) is 6.59. The summed E-state index contributed by atoms with van der Waals surface area (Å²) in [7, 11) is 1.67. The fraction of sp³-hybridized carbons (Fsp3) is 0.273. The maximum Gasteiger partial charge on any atom is 0.224 e. The number of aryl methyl sites for hydroxylation is 1. The molecule has 6 heteroatoms. The first-order chi connectivity index (χ1) is 13.6. The van der Waals surface area contributed by atoms with E-state index in [2.05, 4.69) is 26.7 Å². The molecule has 0 bridgehead atoms. The maximum absolute atomic E-state index is 13.0. The van der Waals surface area contributed by atoms with Crippen LogP contribution in [0.15, 0.2) is 54.6 Å². The van der Waals surface area contributed by atoms with E-state index in [1.54, 1.807) is 19.2 Å². The molecule has 28 heavy (non-hydrogen) atoms. The van der Waals surface area contributed by atoms with Crippen LogP contribution < -0.4 is 15.4 Å². The molecule has 0 unspecified atom stereocenters. The van der Waals surface area contributed by atoms with E-state index in [4.69, 9.17) is 4.74 Å². The number of anilines is 2. The zero-order valence-electron chi connectivity index (χ0n) is 16.2. The minimum absolute atomic E-state index is 0.219. The molecule has 0 radical (unpaired) electrons. The summed E-state index contributed by atoms with van der Waals surface area (Å²) in [6, 6.07) is 16.5. The number of rotatable bonds is 9. The number of ether oxygens (including phenoxy) is 1. The van der Waals surface area contributed by atoms with Crippen molar-refractivity contribution >= 4 is 11.8 Å². The number of methoxy groups -OCH3 is 1. The molecule has 5 nitrogen and oxygen atoms in total. The lowest BCUT2D eigenvalue weighted by molar-refractivity contribution is 0.414. The minimum Gasteiger partial charge on any atom is -0.497 e. The zero-order valence-corrected chi connectivity index (χ0v) is 16.2. The van der Waals surface area contributed by atoms with Gasteiger partial charge in [0.25, 0.3) is 0 Å². The van der Waals surface area contributed by atoms with Crippen LogP contribution in [0.4, 0.5) is 16.2 Å². The van der Waals surface area contributed by atoms with Crippen molar-refractivity contribution in [1.29, 1.82) is 0 Å². The number of hydrogen-bond acceptors (Lipinski definition) is 5. The standard InChI is InChI=1S/C22H25FN4O/c1-16-14-21(24-12-11-18-4-3-5-20(15-18)28-2)27-22(26-16)25-13-10-17-6-8-19(23)9-7-17/h3-9,14-15H,10-13H2,1-2H3,(H2,24,25,26,27). The fourth-order valence-electron chi connectivity index (χ4n) is 2.87. The number of nitrogens with one attached hydrogen (secondary N) is 2. The lowest BCUT2D eigenvalue weighted by atomic mass is 10.1. The maximum atomic E-state index is 13.0. The van der Waals surface area contributed by atoms with E-state index in [-0.39, 0.29) is 5.82 Å². The largest absolute Gasteiger partial charge is 0.497 e. The van der Waals surface area contributed by atoms with Gasteiger partial charge in [0.15, 0.2) is 0 Å². The van der Waals surface area contributed by atoms with Crippen molar-refractivity contribution in [3.63, 3.8) is 0 Å². The molecule has 2 aromatic carbocycles. The molecule has 3 aromatic rings. The zero-order chi connectivity index (χ0) is 19.8. The van der Waals surface area contributed by atoms with Crippen molar-refractivity contribution in [2.24, 2.45) is 0 Å². The second kappa shape index (κ2) is 9.69. The Labute approximate surface area is 165 Å². The summed E-state index contributed by atoms with van der Waals surface area (Å²) in [5.41, 5.74) is 3.16. The van der Waals surface area contributed by atoms with E-state index in [0.29, 0.717) is 12.5 Å². The lowest BCUT2D eigenvalue weighted by Crippen LogP contribution is -2.12. The minimum atomic E-state index is -0.219. The second-order valence-electron chi connectivity index (χ2n) is 6.55. The molecular weight excluding hydrogens is 355 g/mol. The summed E-state index contributed by atoms with van der Waals surface area (Å²) in [6.45, 7) is 3.39. The smallest absolute Gasteiger partial charge is 0.224 e. The van der Waals surface area contributed by atoms with E-state index in [0.717, 1.165) is 42.2 Å². The van der Waals surface area contributed by atoms with Gasteiger partial charge in [-0.25, -0.2) is 9.37 Å². The molecule has 0 aliphatic heterocycles. The molecule has 146 valence electrons. The van der Waals surface area contributed by atoms with Gasteiger partial charge in [-0.3, -0.25) is 0 Å². The predicted molar refractivity (Wildman–Crippen MR) is 111 cm³/mol.